The number of aromatic nitrogens is 2. The highest BCUT2D eigenvalue weighted by atomic mass is 16.5. The van der Waals surface area contributed by atoms with E-state index in [0.29, 0.717) is 11.7 Å². The van der Waals surface area contributed by atoms with Crippen molar-refractivity contribution in [1.82, 2.24) is 15.0 Å². The Morgan fingerprint density at radius 3 is 3.00 bits per heavy atom. The fourth-order valence-corrected chi connectivity index (χ4v) is 2.09. The second-order valence-corrected chi connectivity index (χ2v) is 4.54. The van der Waals surface area contributed by atoms with Crippen molar-refractivity contribution >= 4 is 0 Å². The summed E-state index contributed by atoms with van der Waals surface area (Å²) < 4.78 is 10.7. The quantitative estimate of drug-likeness (QED) is 0.735. The zero-order valence-corrected chi connectivity index (χ0v) is 10.7. The van der Waals surface area contributed by atoms with E-state index in [9.17, 15) is 0 Å². The summed E-state index contributed by atoms with van der Waals surface area (Å²) in [6.45, 7) is 7.82. The lowest BCUT2D eigenvalue weighted by atomic mass is 10.2. The van der Waals surface area contributed by atoms with Gasteiger partial charge in [-0.25, -0.2) is 0 Å². The first kappa shape index (κ1) is 12.5. The number of ether oxygens (including phenoxy) is 1. The van der Waals surface area contributed by atoms with E-state index >= 15 is 0 Å². The van der Waals surface area contributed by atoms with E-state index in [1.807, 2.05) is 0 Å². The van der Waals surface area contributed by atoms with Gasteiger partial charge in [0.2, 0.25) is 11.7 Å². The van der Waals surface area contributed by atoms with Crippen LogP contribution in [0.4, 0.5) is 0 Å². The van der Waals surface area contributed by atoms with Crippen LogP contribution in [0.15, 0.2) is 4.52 Å². The third-order valence-corrected chi connectivity index (χ3v) is 3.06. The van der Waals surface area contributed by atoms with E-state index in [4.69, 9.17) is 9.26 Å². The zero-order valence-electron chi connectivity index (χ0n) is 10.7. The van der Waals surface area contributed by atoms with Crippen LogP contribution >= 0.6 is 0 Å². The van der Waals surface area contributed by atoms with Crippen LogP contribution in [0.3, 0.4) is 0 Å². The standard InChI is InChI=1S/C12H21N3O2/c1-3-4-5-6-15-7-8-16-11(9-15)12-13-10(2)17-14-12/h11H,3-9H2,1-2H3/t11-/m0/s1. The van der Waals surface area contributed by atoms with Gasteiger partial charge < -0.3 is 9.26 Å². The van der Waals surface area contributed by atoms with E-state index in [1.54, 1.807) is 6.92 Å². The molecule has 1 aliphatic heterocycles. The monoisotopic (exact) mass is 239 g/mol. The Kier molecular flexibility index (Phi) is 4.50. The zero-order chi connectivity index (χ0) is 12.1. The molecule has 1 aliphatic rings. The summed E-state index contributed by atoms with van der Waals surface area (Å²) in [5.41, 5.74) is 0. The molecule has 1 saturated heterocycles. The smallest absolute Gasteiger partial charge is 0.223 e. The summed E-state index contributed by atoms with van der Waals surface area (Å²) in [4.78, 5) is 6.66. The topological polar surface area (TPSA) is 51.4 Å². The van der Waals surface area contributed by atoms with E-state index in [0.717, 1.165) is 26.2 Å². The minimum Gasteiger partial charge on any atom is -0.367 e. The number of hydrogen-bond donors (Lipinski definition) is 0. The van der Waals surface area contributed by atoms with Crippen LogP contribution in [0.5, 0.6) is 0 Å². The van der Waals surface area contributed by atoms with Gasteiger partial charge in [0, 0.05) is 20.0 Å². The molecular weight excluding hydrogens is 218 g/mol. The van der Waals surface area contributed by atoms with Gasteiger partial charge in [-0.15, -0.1) is 0 Å². The molecule has 0 spiro atoms. The summed E-state index contributed by atoms with van der Waals surface area (Å²) in [5, 5.41) is 3.93. The van der Waals surface area contributed by atoms with Gasteiger partial charge in [0.15, 0.2) is 0 Å². The van der Waals surface area contributed by atoms with E-state index in [2.05, 4.69) is 22.0 Å². The molecule has 1 fully saturated rings. The number of rotatable bonds is 5. The number of hydrogen-bond acceptors (Lipinski definition) is 5. The van der Waals surface area contributed by atoms with Gasteiger partial charge >= 0.3 is 0 Å². The molecule has 96 valence electrons. The molecule has 1 aromatic heterocycles. The van der Waals surface area contributed by atoms with Crippen molar-refractivity contribution in [3.63, 3.8) is 0 Å². The largest absolute Gasteiger partial charge is 0.367 e. The number of nitrogens with zero attached hydrogens (tertiary/aromatic N) is 3. The highest BCUT2D eigenvalue weighted by Crippen LogP contribution is 2.19. The molecule has 0 radical (unpaired) electrons. The Morgan fingerprint density at radius 2 is 2.29 bits per heavy atom. The van der Waals surface area contributed by atoms with Crippen LogP contribution in [0.1, 0.15) is 44.0 Å². The molecule has 5 heteroatoms. The minimum absolute atomic E-state index is 0.0252. The maximum absolute atomic E-state index is 5.69. The molecular formula is C12H21N3O2. The maximum Gasteiger partial charge on any atom is 0.223 e. The van der Waals surface area contributed by atoms with Gasteiger partial charge in [-0.05, 0) is 13.0 Å². The molecule has 0 amide bonds. The van der Waals surface area contributed by atoms with Gasteiger partial charge in [0.05, 0.1) is 6.61 Å². The van der Waals surface area contributed by atoms with E-state index in [-0.39, 0.29) is 6.10 Å². The van der Waals surface area contributed by atoms with Crippen LogP contribution in [0.2, 0.25) is 0 Å². The Bertz CT molecular complexity index is 340. The number of unbranched alkanes of at least 4 members (excludes halogenated alkanes) is 2. The van der Waals surface area contributed by atoms with Crippen LogP contribution in [0, 0.1) is 6.92 Å². The predicted octanol–water partition coefficient (Wildman–Crippen LogP) is 1.94. The minimum atomic E-state index is -0.0252. The molecule has 17 heavy (non-hydrogen) atoms. The summed E-state index contributed by atoms with van der Waals surface area (Å²) >= 11 is 0. The Morgan fingerprint density at radius 1 is 1.41 bits per heavy atom. The fourth-order valence-electron chi connectivity index (χ4n) is 2.09. The van der Waals surface area contributed by atoms with Crippen molar-refractivity contribution in [2.45, 2.75) is 39.2 Å². The van der Waals surface area contributed by atoms with Crippen LogP contribution in [0.25, 0.3) is 0 Å². The summed E-state index contributed by atoms with van der Waals surface area (Å²) in [5.74, 6) is 1.29. The van der Waals surface area contributed by atoms with Crippen molar-refractivity contribution in [3.05, 3.63) is 11.7 Å². The molecule has 0 N–H and O–H groups in total. The lowest BCUT2D eigenvalue weighted by Crippen LogP contribution is -2.39. The van der Waals surface area contributed by atoms with E-state index < -0.39 is 0 Å². The lowest BCUT2D eigenvalue weighted by molar-refractivity contribution is -0.0355. The van der Waals surface area contributed by atoms with Gasteiger partial charge in [-0.2, -0.15) is 4.98 Å². The third kappa shape index (κ3) is 3.51. The second kappa shape index (κ2) is 6.12. The molecule has 0 saturated carbocycles. The van der Waals surface area contributed by atoms with Crippen molar-refractivity contribution in [3.8, 4) is 0 Å². The summed E-state index contributed by atoms with van der Waals surface area (Å²) in [7, 11) is 0. The van der Waals surface area contributed by atoms with Crippen molar-refractivity contribution in [2.24, 2.45) is 0 Å². The lowest BCUT2D eigenvalue weighted by Gasteiger charge is -2.31. The molecule has 0 bridgehead atoms. The molecule has 2 rings (SSSR count). The van der Waals surface area contributed by atoms with Gasteiger partial charge in [-0.1, -0.05) is 24.9 Å². The van der Waals surface area contributed by atoms with Crippen LogP contribution in [-0.2, 0) is 4.74 Å². The third-order valence-electron chi connectivity index (χ3n) is 3.06. The Labute approximate surface area is 102 Å². The molecule has 5 nitrogen and oxygen atoms in total. The molecule has 0 unspecified atom stereocenters. The number of morpholine rings is 1. The Hall–Kier alpha value is -0.940. The van der Waals surface area contributed by atoms with Crippen molar-refractivity contribution in [1.29, 1.82) is 0 Å². The van der Waals surface area contributed by atoms with Crippen LogP contribution < -0.4 is 0 Å². The predicted molar refractivity (Wildman–Crippen MR) is 63.7 cm³/mol. The first-order valence-corrected chi connectivity index (χ1v) is 6.43. The summed E-state index contributed by atoms with van der Waals surface area (Å²) in [6.07, 6.45) is 3.79. The highest BCUT2D eigenvalue weighted by molar-refractivity contribution is 4.92. The number of aryl methyl sites for hydroxylation is 1. The normalized spacial score (nSPS) is 21.9. The first-order valence-electron chi connectivity index (χ1n) is 6.43. The SMILES string of the molecule is CCCCCN1CCO[C@H](c2noc(C)n2)C1. The van der Waals surface area contributed by atoms with Gasteiger partial charge in [0.25, 0.3) is 0 Å². The molecule has 0 aliphatic carbocycles. The van der Waals surface area contributed by atoms with Gasteiger partial charge in [0.1, 0.15) is 6.10 Å². The fraction of sp³-hybridized carbons (Fsp3) is 0.833. The highest BCUT2D eigenvalue weighted by Gasteiger charge is 2.25. The van der Waals surface area contributed by atoms with Crippen molar-refractivity contribution < 1.29 is 9.26 Å². The Balaban J connectivity index is 1.84. The maximum atomic E-state index is 5.69. The average molecular weight is 239 g/mol. The average Bonchev–Trinajstić information content (AvgIpc) is 2.77. The summed E-state index contributed by atoms with van der Waals surface area (Å²) in [6, 6.07) is 0. The van der Waals surface area contributed by atoms with Crippen LogP contribution in [-0.4, -0.2) is 41.3 Å². The molecule has 2 heterocycles. The van der Waals surface area contributed by atoms with E-state index in [1.165, 1.54) is 19.3 Å². The second-order valence-electron chi connectivity index (χ2n) is 4.54. The first-order chi connectivity index (χ1) is 8.29. The van der Waals surface area contributed by atoms with Crippen molar-refractivity contribution in [2.75, 3.05) is 26.2 Å². The van der Waals surface area contributed by atoms with Gasteiger partial charge in [-0.3, -0.25) is 4.90 Å². The molecule has 1 atom stereocenters. The molecule has 1 aromatic rings. The molecule has 0 aromatic carbocycles.